The molecule has 0 saturated heterocycles. The van der Waals surface area contributed by atoms with Gasteiger partial charge in [-0.1, -0.05) is 0 Å². The van der Waals surface area contributed by atoms with Gasteiger partial charge in [-0.3, -0.25) is 9.38 Å². The molecule has 0 heterocycles. The number of nitrogens with two attached hydrogens (primary N) is 1. The van der Waals surface area contributed by atoms with Gasteiger partial charge in [-0.15, -0.1) is 0 Å². The molecule has 0 unspecified atom stereocenters. The first-order valence-electron chi connectivity index (χ1n) is 3.95. The molecule has 1 fully saturated rings. The lowest BCUT2D eigenvalue weighted by Gasteiger charge is -2.01. The fourth-order valence-electron chi connectivity index (χ4n) is 0.742. The highest BCUT2D eigenvalue weighted by Crippen LogP contribution is 2.17. The van der Waals surface area contributed by atoms with Crippen molar-refractivity contribution in [3.05, 3.63) is 0 Å². The molecule has 4 heteroatoms. The van der Waals surface area contributed by atoms with Crippen LogP contribution in [0.25, 0.3) is 0 Å². The van der Waals surface area contributed by atoms with Crippen LogP contribution < -0.4 is 11.1 Å². The summed E-state index contributed by atoms with van der Waals surface area (Å²) in [7, 11) is 0. The van der Waals surface area contributed by atoms with Crippen molar-refractivity contribution in [3.63, 3.8) is 0 Å². The Balaban J connectivity index is 2.05. The average Bonchev–Trinajstić information content (AvgIpc) is 2.72. The summed E-state index contributed by atoms with van der Waals surface area (Å²) >= 11 is 0. The summed E-state index contributed by atoms with van der Waals surface area (Å²) < 4.78 is 11.6. The topological polar surface area (TPSA) is 50.4 Å². The van der Waals surface area contributed by atoms with E-state index in [4.69, 9.17) is 5.73 Å². The Morgan fingerprint density at radius 1 is 1.64 bits per heavy atom. The van der Waals surface area contributed by atoms with E-state index in [1.165, 1.54) is 12.8 Å². The molecule has 0 aromatic heterocycles. The van der Waals surface area contributed by atoms with Gasteiger partial charge in [0.05, 0.1) is 6.67 Å². The first kappa shape index (κ1) is 8.30. The number of hydrogen-bond donors (Lipinski definition) is 2. The predicted molar refractivity (Wildman–Crippen MR) is 43.2 cm³/mol. The Labute approximate surface area is 65.9 Å². The third kappa shape index (κ3) is 3.80. The van der Waals surface area contributed by atoms with Crippen LogP contribution in [0.15, 0.2) is 4.99 Å². The number of hydrogen-bond acceptors (Lipinski definition) is 1. The van der Waals surface area contributed by atoms with Gasteiger partial charge in [-0.05, 0) is 19.3 Å². The molecule has 0 amide bonds. The van der Waals surface area contributed by atoms with Gasteiger partial charge in [-0.2, -0.15) is 0 Å². The molecule has 0 aromatic rings. The Kier molecular flexibility index (Phi) is 3.14. The molecule has 11 heavy (non-hydrogen) atoms. The lowest BCUT2D eigenvalue weighted by Crippen LogP contribution is -2.33. The highest BCUT2D eigenvalue weighted by atomic mass is 19.1. The van der Waals surface area contributed by atoms with Crippen molar-refractivity contribution in [3.8, 4) is 0 Å². The van der Waals surface area contributed by atoms with Crippen molar-refractivity contribution >= 4 is 5.96 Å². The minimum Gasteiger partial charge on any atom is -0.370 e. The molecule has 64 valence electrons. The molecule has 0 aliphatic heterocycles. The Hall–Kier alpha value is -0.800. The molecule has 0 aromatic carbocycles. The summed E-state index contributed by atoms with van der Waals surface area (Å²) in [5.74, 6) is 0.459. The summed E-state index contributed by atoms with van der Waals surface area (Å²) in [6.45, 7) is 0.169. The van der Waals surface area contributed by atoms with Crippen LogP contribution in [0.2, 0.25) is 0 Å². The van der Waals surface area contributed by atoms with Crippen molar-refractivity contribution in [2.45, 2.75) is 25.3 Å². The van der Waals surface area contributed by atoms with E-state index in [9.17, 15) is 4.39 Å². The van der Waals surface area contributed by atoms with Crippen LogP contribution in [-0.2, 0) is 0 Å². The standard InChI is InChI=1S/C7H14FN3/c8-4-1-5-10-7(9)11-6-2-3-6/h6H,1-5H2,(H3,9,10,11). The van der Waals surface area contributed by atoms with E-state index in [-0.39, 0.29) is 6.67 Å². The first-order chi connectivity index (χ1) is 5.33. The maximum absolute atomic E-state index is 11.6. The molecule has 3 N–H and O–H groups in total. The molecule has 1 rings (SSSR count). The fourth-order valence-corrected chi connectivity index (χ4v) is 0.742. The van der Waals surface area contributed by atoms with E-state index >= 15 is 0 Å². The van der Waals surface area contributed by atoms with Gasteiger partial charge in [0, 0.05) is 12.6 Å². The lowest BCUT2D eigenvalue weighted by molar-refractivity contribution is 0.477. The van der Waals surface area contributed by atoms with Gasteiger partial charge < -0.3 is 11.1 Å². The lowest BCUT2D eigenvalue weighted by atomic mass is 10.5. The minimum absolute atomic E-state index is 0.319. The second-order valence-electron chi connectivity index (χ2n) is 2.73. The molecule has 0 spiro atoms. The van der Waals surface area contributed by atoms with Crippen LogP contribution in [0.5, 0.6) is 0 Å². The number of aliphatic imine (C=N–C) groups is 1. The highest BCUT2D eigenvalue weighted by Gasteiger charge is 2.20. The van der Waals surface area contributed by atoms with E-state index in [0.717, 1.165) is 0 Å². The van der Waals surface area contributed by atoms with Crippen LogP contribution >= 0.6 is 0 Å². The Morgan fingerprint density at radius 2 is 2.36 bits per heavy atom. The molecule has 0 bridgehead atoms. The van der Waals surface area contributed by atoms with E-state index < -0.39 is 0 Å². The van der Waals surface area contributed by atoms with Crippen molar-refractivity contribution < 1.29 is 4.39 Å². The molecule has 0 atom stereocenters. The molecule has 1 aliphatic rings. The zero-order chi connectivity index (χ0) is 8.10. The van der Waals surface area contributed by atoms with E-state index in [1.807, 2.05) is 0 Å². The third-order valence-electron chi connectivity index (χ3n) is 1.50. The maximum atomic E-state index is 11.6. The molecule has 1 saturated carbocycles. The number of nitrogens with zero attached hydrogens (tertiary/aromatic N) is 1. The molecular weight excluding hydrogens is 145 g/mol. The number of guanidine groups is 1. The van der Waals surface area contributed by atoms with Crippen molar-refractivity contribution in [2.24, 2.45) is 10.7 Å². The third-order valence-corrected chi connectivity index (χ3v) is 1.50. The zero-order valence-electron chi connectivity index (χ0n) is 6.52. The van der Waals surface area contributed by atoms with Gasteiger partial charge in [0.1, 0.15) is 0 Å². The van der Waals surface area contributed by atoms with E-state index in [0.29, 0.717) is 25.0 Å². The quantitative estimate of drug-likeness (QED) is 0.354. The molecule has 1 aliphatic carbocycles. The van der Waals surface area contributed by atoms with Crippen molar-refractivity contribution in [1.29, 1.82) is 0 Å². The van der Waals surface area contributed by atoms with Gasteiger partial charge in [0.25, 0.3) is 0 Å². The number of rotatable bonds is 4. The van der Waals surface area contributed by atoms with Crippen LogP contribution in [0.4, 0.5) is 4.39 Å². The van der Waals surface area contributed by atoms with Crippen LogP contribution in [0, 0.1) is 0 Å². The summed E-state index contributed by atoms with van der Waals surface area (Å²) in [5, 5.41) is 3.02. The van der Waals surface area contributed by atoms with Crippen LogP contribution in [-0.4, -0.2) is 25.2 Å². The number of alkyl halides is 1. The van der Waals surface area contributed by atoms with Crippen molar-refractivity contribution in [1.82, 2.24) is 5.32 Å². The van der Waals surface area contributed by atoms with Gasteiger partial charge in [-0.25, -0.2) is 0 Å². The summed E-state index contributed by atoms with van der Waals surface area (Å²) in [5.41, 5.74) is 5.47. The van der Waals surface area contributed by atoms with Crippen LogP contribution in [0.1, 0.15) is 19.3 Å². The normalized spacial score (nSPS) is 18.5. The van der Waals surface area contributed by atoms with E-state index in [1.54, 1.807) is 0 Å². The maximum Gasteiger partial charge on any atom is 0.188 e. The van der Waals surface area contributed by atoms with E-state index in [2.05, 4.69) is 10.3 Å². The SMILES string of the molecule is NC(=NCCCF)NC1CC1. The number of halogens is 1. The molecular formula is C7H14FN3. The zero-order valence-corrected chi connectivity index (χ0v) is 6.52. The summed E-state index contributed by atoms with van der Waals surface area (Å²) in [6, 6.07) is 0.532. The Morgan fingerprint density at radius 3 is 2.91 bits per heavy atom. The summed E-state index contributed by atoms with van der Waals surface area (Å²) in [4.78, 5) is 3.94. The largest absolute Gasteiger partial charge is 0.370 e. The van der Waals surface area contributed by atoms with Crippen molar-refractivity contribution in [2.75, 3.05) is 13.2 Å². The van der Waals surface area contributed by atoms with Gasteiger partial charge in [0.2, 0.25) is 0 Å². The second-order valence-corrected chi connectivity index (χ2v) is 2.73. The highest BCUT2D eigenvalue weighted by molar-refractivity contribution is 5.78. The first-order valence-corrected chi connectivity index (χ1v) is 3.95. The van der Waals surface area contributed by atoms with Crippen LogP contribution in [0.3, 0.4) is 0 Å². The molecule has 0 radical (unpaired) electrons. The number of nitrogens with one attached hydrogen (secondary N) is 1. The summed E-state index contributed by atoms with van der Waals surface area (Å²) in [6.07, 6.45) is 2.83. The smallest absolute Gasteiger partial charge is 0.188 e. The Bertz CT molecular complexity index is 143. The fraction of sp³-hybridized carbons (Fsp3) is 0.857. The van der Waals surface area contributed by atoms with Gasteiger partial charge in [0.15, 0.2) is 5.96 Å². The average molecular weight is 159 g/mol. The monoisotopic (exact) mass is 159 g/mol. The second kappa shape index (κ2) is 4.16. The predicted octanol–water partition coefficient (Wildman–Crippen LogP) is 0.413. The molecule has 3 nitrogen and oxygen atoms in total. The minimum atomic E-state index is -0.319. The van der Waals surface area contributed by atoms with Gasteiger partial charge >= 0.3 is 0 Å².